The molecule has 0 spiro atoms. The summed E-state index contributed by atoms with van der Waals surface area (Å²) in [4.78, 5) is 37.6. The quantitative estimate of drug-likeness (QED) is 0.371. The van der Waals surface area contributed by atoms with E-state index in [4.69, 9.17) is 10.5 Å². The highest BCUT2D eigenvalue weighted by Gasteiger charge is 2.62. The van der Waals surface area contributed by atoms with Gasteiger partial charge in [-0.05, 0) is 25.0 Å². The molecule has 3 N–H and O–H groups in total. The number of carbonyl (C=O) groups excluding carboxylic acids is 3. The summed E-state index contributed by atoms with van der Waals surface area (Å²) in [6.45, 7) is -2.77. The maximum absolute atomic E-state index is 14.2. The molecule has 38 heavy (non-hydrogen) atoms. The summed E-state index contributed by atoms with van der Waals surface area (Å²) in [5.74, 6) is -13.5. The highest BCUT2D eigenvalue weighted by Crippen LogP contribution is 2.41. The van der Waals surface area contributed by atoms with E-state index in [1.165, 1.54) is 6.92 Å². The van der Waals surface area contributed by atoms with Crippen molar-refractivity contribution in [3.8, 4) is 5.75 Å². The number of ether oxygens (including phenoxy) is 1. The molecular formula is C21H22F9N3O5. The lowest BCUT2D eigenvalue weighted by atomic mass is 9.94. The minimum atomic E-state index is -6.34. The first-order chi connectivity index (χ1) is 17.2. The number of halogens is 9. The van der Waals surface area contributed by atoms with Crippen LogP contribution in [-0.2, 0) is 14.4 Å². The van der Waals surface area contributed by atoms with Gasteiger partial charge in [-0.2, -0.15) is 35.1 Å². The number of amides is 3. The molecule has 0 aromatic heterocycles. The molecule has 0 bridgehead atoms. The van der Waals surface area contributed by atoms with Crippen LogP contribution in [-0.4, -0.2) is 76.8 Å². The average molecular weight is 567 g/mol. The van der Waals surface area contributed by atoms with Gasteiger partial charge in [0.05, 0.1) is 12.2 Å². The summed E-state index contributed by atoms with van der Waals surface area (Å²) >= 11 is 0. The van der Waals surface area contributed by atoms with E-state index in [1.54, 1.807) is 0 Å². The molecule has 3 amide bonds. The largest absolute Gasteiger partial charge is 0.486 e. The molecule has 1 aliphatic heterocycles. The van der Waals surface area contributed by atoms with Gasteiger partial charge in [0.15, 0.2) is 0 Å². The monoisotopic (exact) mass is 567 g/mol. The Morgan fingerprint density at radius 1 is 1.11 bits per heavy atom. The summed E-state index contributed by atoms with van der Waals surface area (Å²) in [5, 5.41) is 10.5. The molecule has 17 heteroatoms. The van der Waals surface area contributed by atoms with Gasteiger partial charge in [0.2, 0.25) is 5.60 Å². The summed E-state index contributed by atoms with van der Waals surface area (Å²) in [7, 11) is 0. The van der Waals surface area contributed by atoms with E-state index in [2.05, 4.69) is 0 Å². The lowest BCUT2D eigenvalue weighted by molar-refractivity contribution is -0.287. The second-order valence-corrected chi connectivity index (χ2v) is 8.37. The topological polar surface area (TPSA) is 113 Å². The molecule has 0 saturated carbocycles. The lowest BCUT2D eigenvalue weighted by Crippen LogP contribution is -2.67. The number of primary amides is 1. The Balaban J connectivity index is 2.83. The first-order valence-electron chi connectivity index (χ1n) is 10.8. The van der Waals surface area contributed by atoms with Crippen LogP contribution in [0.25, 0.3) is 0 Å². The van der Waals surface area contributed by atoms with Crippen LogP contribution in [0.5, 0.6) is 5.75 Å². The van der Waals surface area contributed by atoms with Gasteiger partial charge in [0.25, 0.3) is 17.7 Å². The maximum Gasteiger partial charge on any atom is 0.455 e. The summed E-state index contributed by atoms with van der Waals surface area (Å²) in [5.41, 5.74) is 0.677. The van der Waals surface area contributed by atoms with Crippen LogP contribution in [0.3, 0.4) is 0 Å². The predicted molar refractivity (Wildman–Crippen MR) is 110 cm³/mol. The molecular weight excluding hydrogens is 545 g/mol. The fraction of sp³-hybridized carbons (Fsp3) is 0.571. The van der Waals surface area contributed by atoms with E-state index < -0.39 is 102 Å². The molecule has 1 aliphatic rings. The van der Waals surface area contributed by atoms with Crippen LogP contribution in [0.4, 0.5) is 45.2 Å². The van der Waals surface area contributed by atoms with Crippen molar-refractivity contribution in [2.75, 3.05) is 18.0 Å². The van der Waals surface area contributed by atoms with Gasteiger partial charge in [-0.3, -0.25) is 19.3 Å². The van der Waals surface area contributed by atoms with Crippen molar-refractivity contribution in [3.05, 3.63) is 24.0 Å². The number of nitrogens with zero attached hydrogens (tertiary/aromatic N) is 2. The smallest absolute Gasteiger partial charge is 0.455 e. The SMILES string of the molecule is CC[C@H]1Oc2ccc(F)cc2N(CC(F)(F)F)C(=O)[C@H]1N(CC(F)(F)C(F)(F)F)C(=O)C(O)(CC)C(N)=O. The molecule has 0 radical (unpaired) electrons. The third-order valence-electron chi connectivity index (χ3n) is 5.75. The molecule has 1 unspecified atom stereocenters. The number of carbonyl (C=O) groups is 3. The van der Waals surface area contributed by atoms with Gasteiger partial charge in [0, 0.05) is 6.07 Å². The first kappa shape index (κ1) is 31.0. The van der Waals surface area contributed by atoms with E-state index in [0.29, 0.717) is 12.1 Å². The lowest BCUT2D eigenvalue weighted by Gasteiger charge is -2.40. The number of alkyl halides is 8. The number of nitrogens with two attached hydrogens (primary N) is 1. The Hall–Kier alpha value is -3.24. The highest BCUT2D eigenvalue weighted by atomic mass is 19.4. The maximum atomic E-state index is 14.2. The second kappa shape index (κ2) is 10.5. The van der Waals surface area contributed by atoms with Crippen molar-refractivity contribution in [3.63, 3.8) is 0 Å². The standard InChI is InChI=1S/C21H22F9N3O5/c1-3-12-14(15(34)32(9-20(25,26)27)11-7-10(22)5-6-13(11)38-12)33(8-19(23,24)21(28,29)30)17(36)18(37,4-2)16(31)35/h5-7,12,14,37H,3-4,8-9H2,1-2H3,(H2,31,35)/t12-,14+,18?/m1/s1. The molecule has 1 aromatic rings. The predicted octanol–water partition coefficient (Wildman–Crippen LogP) is 2.91. The Bertz CT molecular complexity index is 1080. The number of fused-ring (bicyclic) bond motifs is 1. The fourth-order valence-corrected chi connectivity index (χ4v) is 3.72. The van der Waals surface area contributed by atoms with E-state index in [9.17, 15) is 59.0 Å². The number of anilines is 1. The van der Waals surface area contributed by atoms with E-state index in [-0.39, 0.29) is 4.90 Å². The second-order valence-electron chi connectivity index (χ2n) is 8.37. The van der Waals surface area contributed by atoms with Gasteiger partial charge in [-0.25, -0.2) is 4.39 Å². The van der Waals surface area contributed by atoms with Gasteiger partial charge >= 0.3 is 18.3 Å². The summed E-state index contributed by atoms with van der Waals surface area (Å²) < 4.78 is 127. The first-order valence-corrected chi connectivity index (χ1v) is 10.8. The molecule has 3 atom stereocenters. The van der Waals surface area contributed by atoms with Crippen LogP contribution in [0, 0.1) is 5.82 Å². The van der Waals surface area contributed by atoms with E-state index >= 15 is 0 Å². The van der Waals surface area contributed by atoms with Crippen molar-refractivity contribution < 1.29 is 63.7 Å². The van der Waals surface area contributed by atoms with Crippen LogP contribution >= 0.6 is 0 Å². The normalized spacial score (nSPS) is 20.2. The molecule has 0 saturated heterocycles. The third-order valence-corrected chi connectivity index (χ3v) is 5.75. The van der Waals surface area contributed by atoms with Gasteiger partial charge in [-0.1, -0.05) is 13.8 Å². The minimum Gasteiger partial charge on any atom is -0.486 e. The van der Waals surface area contributed by atoms with Crippen LogP contribution in [0.15, 0.2) is 18.2 Å². The average Bonchev–Trinajstić information content (AvgIpc) is 2.89. The number of hydrogen-bond acceptors (Lipinski definition) is 5. The zero-order valence-corrected chi connectivity index (χ0v) is 19.7. The van der Waals surface area contributed by atoms with Gasteiger partial charge in [-0.15, -0.1) is 0 Å². The third kappa shape index (κ3) is 6.07. The van der Waals surface area contributed by atoms with Gasteiger partial charge in [0.1, 0.15) is 30.3 Å². The molecule has 214 valence electrons. The zero-order valence-electron chi connectivity index (χ0n) is 19.7. The number of aliphatic hydroxyl groups is 1. The Kier molecular flexibility index (Phi) is 8.56. The Morgan fingerprint density at radius 3 is 2.13 bits per heavy atom. The Morgan fingerprint density at radius 2 is 1.68 bits per heavy atom. The molecule has 0 aliphatic carbocycles. The number of rotatable bonds is 8. The molecule has 1 aromatic carbocycles. The van der Waals surface area contributed by atoms with Crippen molar-refractivity contribution >= 4 is 23.4 Å². The molecule has 2 rings (SSSR count). The van der Waals surface area contributed by atoms with E-state index in [0.717, 1.165) is 13.0 Å². The molecule has 8 nitrogen and oxygen atoms in total. The fourth-order valence-electron chi connectivity index (χ4n) is 3.72. The van der Waals surface area contributed by atoms with Crippen molar-refractivity contribution in [2.24, 2.45) is 5.73 Å². The van der Waals surface area contributed by atoms with Crippen molar-refractivity contribution in [1.29, 1.82) is 0 Å². The zero-order chi connectivity index (χ0) is 29.4. The van der Waals surface area contributed by atoms with Crippen LogP contribution < -0.4 is 15.4 Å². The summed E-state index contributed by atoms with van der Waals surface area (Å²) in [6, 6.07) is -0.757. The number of benzene rings is 1. The van der Waals surface area contributed by atoms with E-state index in [1.807, 2.05) is 0 Å². The summed E-state index contributed by atoms with van der Waals surface area (Å²) in [6.07, 6.45) is -14.9. The highest BCUT2D eigenvalue weighted by molar-refractivity contribution is 6.10. The minimum absolute atomic E-state index is 0.194. The van der Waals surface area contributed by atoms with Crippen LogP contribution in [0.2, 0.25) is 0 Å². The van der Waals surface area contributed by atoms with Crippen molar-refractivity contribution in [1.82, 2.24) is 4.90 Å². The molecule has 1 heterocycles. The van der Waals surface area contributed by atoms with Crippen molar-refractivity contribution in [2.45, 2.75) is 62.7 Å². The van der Waals surface area contributed by atoms with Crippen LogP contribution in [0.1, 0.15) is 26.7 Å². The van der Waals surface area contributed by atoms with Gasteiger partial charge < -0.3 is 20.5 Å². The Labute approximate surface area is 209 Å². The molecule has 0 fully saturated rings. The number of hydrogen-bond donors (Lipinski definition) is 2.